The Kier molecular flexibility index (Phi) is 8.48. The fourth-order valence-electron chi connectivity index (χ4n) is 3.07. The summed E-state index contributed by atoms with van der Waals surface area (Å²) >= 11 is 0. The molecule has 0 saturated carbocycles. The molecule has 0 atom stereocenters. The minimum atomic E-state index is -3.83. The standard InChI is InChI=1S/C21H26N2O3S.ClH/c1-18-10-12-20(13-11-18)27(24,25)22-21(19-8-4-2-5-9-19)26-17-16-23-14-6-3-7-15-23;/h2,4-5,8-13H,3,6-7,14-17H2,1H3;1H/b22-21-;. The van der Waals surface area contributed by atoms with Crippen LogP contribution in [0.5, 0.6) is 0 Å². The molecule has 7 heteroatoms. The number of halogens is 1. The molecule has 152 valence electrons. The van der Waals surface area contributed by atoms with Crippen LogP contribution >= 0.6 is 12.4 Å². The molecular weight excluding hydrogens is 396 g/mol. The Balaban J connectivity index is 0.00000280. The molecule has 1 aliphatic rings. The van der Waals surface area contributed by atoms with E-state index in [1.807, 2.05) is 37.3 Å². The Labute approximate surface area is 173 Å². The molecule has 0 bridgehead atoms. The van der Waals surface area contributed by atoms with Gasteiger partial charge in [0.1, 0.15) is 6.61 Å². The number of hydrogen-bond donors (Lipinski definition) is 0. The molecule has 2 aromatic carbocycles. The van der Waals surface area contributed by atoms with Gasteiger partial charge in [0.15, 0.2) is 0 Å². The van der Waals surface area contributed by atoms with Crippen LogP contribution in [0.3, 0.4) is 0 Å². The minimum Gasteiger partial charge on any atom is -0.475 e. The first-order chi connectivity index (χ1) is 13.0. The molecule has 0 amide bonds. The van der Waals surface area contributed by atoms with E-state index in [2.05, 4.69) is 9.30 Å². The van der Waals surface area contributed by atoms with Gasteiger partial charge in [0.25, 0.3) is 10.0 Å². The summed E-state index contributed by atoms with van der Waals surface area (Å²) in [5.74, 6) is 0.146. The summed E-state index contributed by atoms with van der Waals surface area (Å²) in [6.07, 6.45) is 3.70. The molecule has 1 fully saturated rings. The maximum atomic E-state index is 12.7. The van der Waals surface area contributed by atoms with Crippen LogP contribution < -0.4 is 0 Å². The van der Waals surface area contributed by atoms with Gasteiger partial charge in [0.2, 0.25) is 5.90 Å². The third kappa shape index (κ3) is 6.33. The number of sulfonamides is 1. The van der Waals surface area contributed by atoms with Crippen LogP contribution in [0.4, 0.5) is 0 Å². The second-order valence-electron chi connectivity index (χ2n) is 6.80. The number of ether oxygens (including phenoxy) is 1. The van der Waals surface area contributed by atoms with Crippen molar-refractivity contribution in [1.29, 1.82) is 0 Å². The van der Waals surface area contributed by atoms with Crippen molar-refractivity contribution >= 4 is 28.3 Å². The monoisotopic (exact) mass is 422 g/mol. The zero-order valence-electron chi connectivity index (χ0n) is 16.1. The van der Waals surface area contributed by atoms with Gasteiger partial charge in [-0.05, 0) is 57.1 Å². The van der Waals surface area contributed by atoms with Crippen LogP contribution in [-0.2, 0) is 14.8 Å². The molecule has 1 heterocycles. The fourth-order valence-corrected chi connectivity index (χ4v) is 4.03. The van der Waals surface area contributed by atoms with Crippen molar-refractivity contribution in [3.8, 4) is 0 Å². The highest BCUT2D eigenvalue weighted by molar-refractivity contribution is 7.90. The quantitative estimate of drug-likeness (QED) is 0.520. The summed E-state index contributed by atoms with van der Waals surface area (Å²) in [4.78, 5) is 2.52. The molecule has 28 heavy (non-hydrogen) atoms. The van der Waals surface area contributed by atoms with E-state index in [1.165, 1.54) is 19.3 Å². The zero-order chi connectivity index (χ0) is 19.1. The van der Waals surface area contributed by atoms with Gasteiger partial charge in [-0.2, -0.15) is 8.42 Å². The van der Waals surface area contributed by atoms with Crippen molar-refractivity contribution in [2.24, 2.45) is 4.40 Å². The van der Waals surface area contributed by atoms with Crippen molar-refractivity contribution in [1.82, 2.24) is 4.90 Å². The number of benzene rings is 2. The van der Waals surface area contributed by atoms with Crippen molar-refractivity contribution in [3.05, 3.63) is 65.7 Å². The van der Waals surface area contributed by atoms with Gasteiger partial charge >= 0.3 is 0 Å². The highest BCUT2D eigenvalue weighted by atomic mass is 35.5. The summed E-state index contributed by atoms with van der Waals surface area (Å²) in [5, 5.41) is 0. The molecule has 0 N–H and O–H groups in total. The van der Waals surface area contributed by atoms with Crippen LogP contribution in [0.1, 0.15) is 30.4 Å². The molecule has 0 aliphatic carbocycles. The van der Waals surface area contributed by atoms with Gasteiger partial charge in [-0.3, -0.25) is 4.90 Å². The van der Waals surface area contributed by atoms with E-state index in [0.717, 1.165) is 25.2 Å². The van der Waals surface area contributed by atoms with E-state index >= 15 is 0 Å². The topological polar surface area (TPSA) is 59.0 Å². The maximum absolute atomic E-state index is 12.7. The fraction of sp³-hybridized carbons (Fsp3) is 0.381. The van der Waals surface area contributed by atoms with Gasteiger partial charge in [-0.15, -0.1) is 16.8 Å². The molecule has 3 rings (SSSR count). The lowest BCUT2D eigenvalue weighted by molar-refractivity contribution is 0.179. The molecule has 0 aromatic heterocycles. The second-order valence-corrected chi connectivity index (χ2v) is 8.41. The molecule has 0 unspecified atom stereocenters. The van der Waals surface area contributed by atoms with Crippen molar-refractivity contribution in [3.63, 3.8) is 0 Å². The lowest BCUT2D eigenvalue weighted by Crippen LogP contribution is -2.33. The summed E-state index contributed by atoms with van der Waals surface area (Å²) in [6.45, 7) is 5.25. The lowest BCUT2D eigenvalue weighted by Gasteiger charge is -2.26. The lowest BCUT2D eigenvalue weighted by atomic mass is 10.1. The van der Waals surface area contributed by atoms with Gasteiger partial charge in [-0.1, -0.05) is 42.3 Å². The number of rotatable bonds is 6. The third-order valence-corrected chi connectivity index (χ3v) is 5.91. The Hall–Kier alpha value is -1.89. The average Bonchev–Trinajstić information content (AvgIpc) is 2.69. The van der Waals surface area contributed by atoms with Gasteiger partial charge < -0.3 is 4.74 Å². The number of piperidine rings is 1. The molecular formula is C21H27ClN2O3S. The molecule has 5 nitrogen and oxygen atoms in total. The van der Waals surface area contributed by atoms with Gasteiger partial charge in [0, 0.05) is 12.1 Å². The van der Waals surface area contributed by atoms with Crippen LogP contribution in [0.15, 0.2) is 63.9 Å². The Morgan fingerprint density at radius 3 is 2.29 bits per heavy atom. The smallest absolute Gasteiger partial charge is 0.285 e. The Morgan fingerprint density at radius 1 is 1.00 bits per heavy atom. The Morgan fingerprint density at radius 2 is 1.64 bits per heavy atom. The summed E-state index contributed by atoms with van der Waals surface area (Å²) in [6, 6.07) is 15.9. The van der Waals surface area contributed by atoms with Gasteiger partial charge in [-0.25, -0.2) is 0 Å². The number of hydrogen-bond acceptors (Lipinski definition) is 4. The normalized spacial score (nSPS) is 15.7. The van der Waals surface area contributed by atoms with Gasteiger partial charge in [0.05, 0.1) is 4.90 Å². The second kappa shape index (κ2) is 10.6. The largest absolute Gasteiger partial charge is 0.475 e. The predicted molar refractivity (Wildman–Crippen MR) is 115 cm³/mol. The SMILES string of the molecule is Cc1ccc(S(=O)(=O)/N=C(\OCCN2CCCCC2)c2ccccc2)cc1.Cl. The molecule has 0 radical (unpaired) electrons. The van der Waals surface area contributed by atoms with E-state index in [9.17, 15) is 8.42 Å². The highest BCUT2D eigenvalue weighted by Crippen LogP contribution is 2.16. The van der Waals surface area contributed by atoms with Crippen LogP contribution in [-0.4, -0.2) is 45.5 Å². The Bertz CT molecular complexity index is 862. The first-order valence-corrected chi connectivity index (χ1v) is 10.8. The van der Waals surface area contributed by atoms with Crippen molar-refractivity contribution in [2.75, 3.05) is 26.2 Å². The maximum Gasteiger partial charge on any atom is 0.285 e. The van der Waals surface area contributed by atoms with E-state index < -0.39 is 10.0 Å². The molecule has 1 aliphatic heterocycles. The summed E-state index contributed by atoms with van der Waals surface area (Å²) in [7, 11) is -3.83. The molecule has 0 spiro atoms. The first-order valence-electron chi connectivity index (χ1n) is 9.37. The molecule has 2 aromatic rings. The van der Waals surface area contributed by atoms with Crippen LogP contribution in [0, 0.1) is 6.92 Å². The number of nitrogens with zero attached hydrogens (tertiary/aromatic N) is 2. The average molecular weight is 423 g/mol. The summed E-state index contributed by atoms with van der Waals surface area (Å²) < 4.78 is 35.3. The van der Waals surface area contributed by atoms with E-state index in [4.69, 9.17) is 4.74 Å². The first kappa shape index (κ1) is 22.4. The molecule has 1 saturated heterocycles. The number of aryl methyl sites for hydroxylation is 1. The van der Waals surface area contributed by atoms with Crippen molar-refractivity contribution in [2.45, 2.75) is 31.1 Å². The minimum absolute atomic E-state index is 0. The van der Waals surface area contributed by atoms with E-state index in [0.29, 0.717) is 12.2 Å². The third-order valence-electron chi connectivity index (χ3n) is 4.64. The number of likely N-dealkylation sites (tertiary alicyclic amines) is 1. The zero-order valence-corrected chi connectivity index (χ0v) is 17.7. The predicted octanol–water partition coefficient (Wildman–Crippen LogP) is 4.05. The van der Waals surface area contributed by atoms with Crippen molar-refractivity contribution < 1.29 is 13.2 Å². The highest BCUT2D eigenvalue weighted by Gasteiger charge is 2.17. The van der Waals surface area contributed by atoms with Crippen LogP contribution in [0.2, 0.25) is 0 Å². The van der Waals surface area contributed by atoms with Crippen LogP contribution in [0.25, 0.3) is 0 Å². The summed E-state index contributed by atoms with van der Waals surface area (Å²) in [5.41, 5.74) is 1.66. The van der Waals surface area contributed by atoms with E-state index in [1.54, 1.807) is 24.3 Å². The van der Waals surface area contributed by atoms with E-state index in [-0.39, 0.29) is 23.2 Å².